The summed E-state index contributed by atoms with van der Waals surface area (Å²) in [5, 5.41) is 9.52. The molecule has 0 radical (unpaired) electrons. The highest BCUT2D eigenvalue weighted by molar-refractivity contribution is 5.71. The number of hydrogen-bond acceptors (Lipinski definition) is 5. The molecule has 0 heterocycles. The first-order valence-corrected chi connectivity index (χ1v) is 6.22. The van der Waals surface area contributed by atoms with Gasteiger partial charge in [0.2, 0.25) is 0 Å². The topological polar surface area (TPSA) is 72.8 Å². The van der Waals surface area contributed by atoms with Crippen LogP contribution in [0.2, 0.25) is 0 Å². The van der Waals surface area contributed by atoms with E-state index in [-0.39, 0.29) is 19.3 Å². The van der Waals surface area contributed by atoms with Crippen molar-refractivity contribution in [1.82, 2.24) is 0 Å². The van der Waals surface area contributed by atoms with E-state index in [1.807, 2.05) is 0 Å². The number of carbonyl (C=O) groups excluding carboxylic acids is 2. The van der Waals surface area contributed by atoms with Crippen LogP contribution < -0.4 is 0 Å². The molecule has 2 atom stereocenters. The van der Waals surface area contributed by atoms with Crippen molar-refractivity contribution in [3.63, 3.8) is 0 Å². The standard InChI is InChI=1S/C13H23FO5/c1-13(2,3)19-12(17)7-9(10(15)8-14)5-6-11(16)18-4/h9-10,15H,5-8H2,1-4H3. The lowest BCUT2D eigenvalue weighted by molar-refractivity contribution is -0.157. The highest BCUT2D eigenvalue weighted by Crippen LogP contribution is 2.20. The lowest BCUT2D eigenvalue weighted by Gasteiger charge is -2.23. The Bertz CT molecular complexity index is 298. The van der Waals surface area contributed by atoms with Gasteiger partial charge in [-0.1, -0.05) is 0 Å². The number of halogens is 1. The van der Waals surface area contributed by atoms with Gasteiger partial charge >= 0.3 is 11.9 Å². The molecular formula is C13H23FO5. The minimum atomic E-state index is -1.28. The van der Waals surface area contributed by atoms with Gasteiger partial charge in [0.05, 0.1) is 19.6 Å². The number of methoxy groups -OCH3 is 1. The first-order chi connectivity index (χ1) is 8.69. The van der Waals surface area contributed by atoms with Gasteiger partial charge in [-0.05, 0) is 33.1 Å². The van der Waals surface area contributed by atoms with E-state index in [0.717, 1.165) is 0 Å². The summed E-state index contributed by atoms with van der Waals surface area (Å²) in [5.74, 6) is -1.63. The number of rotatable bonds is 7. The van der Waals surface area contributed by atoms with E-state index < -0.39 is 36.2 Å². The minimum Gasteiger partial charge on any atom is -0.469 e. The average Bonchev–Trinajstić information content (AvgIpc) is 2.30. The van der Waals surface area contributed by atoms with Crippen molar-refractivity contribution in [3.8, 4) is 0 Å². The molecule has 0 aliphatic heterocycles. The molecule has 0 aromatic heterocycles. The molecule has 0 aliphatic carbocycles. The molecule has 0 bridgehead atoms. The van der Waals surface area contributed by atoms with Crippen LogP contribution in [0.1, 0.15) is 40.0 Å². The second-order valence-corrected chi connectivity index (χ2v) is 5.39. The third-order valence-corrected chi connectivity index (χ3v) is 2.50. The van der Waals surface area contributed by atoms with E-state index in [1.165, 1.54) is 7.11 Å². The van der Waals surface area contributed by atoms with Gasteiger partial charge in [-0.3, -0.25) is 9.59 Å². The summed E-state index contributed by atoms with van der Waals surface area (Å²) >= 11 is 0. The first kappa shape index (κ1) is 17.8. The summed E-state index contributed by atoms with van der Waals surface area (Å²) < 4.78 is 22.1. The van der Waals surface area contributed by atoms with E-state index in [1.54, 1.807) is 20.8 Å². The van der Waals surface area contributed by atoms with E-state index in [0.29, 0.717) is 0 Å². The summed E-state index contributed by atoms with van der Waals surface area (Å²) in [4.78, 5) is 22.7. The summed E-state index contributed by atoms with van der Waals surface area (Å²) in [6.07, 6.45) is -1.20. The lowest BCUT2D eigenvalue weighted by Crippen LogP contribution is -2.30. The second-order valence-electron chi connectivity index (χ2n) is 5.39. The molecule has 19 heavy (non-hydrogen) atoms. The largest absolute Gasteiger partial charge is 0.469 e. The van der Waals surface area contributed by atoms with Gasteiger partial charge in [-0.15, -0.1) is 0 Å². The molecule has 0 aliphatic rings. The Morgan fingerprint density at radius 3 is 2.26 bits per heavy atom. The Morgan fingerprint density at radius 1 is 1.26 bits per heavy atom. The number of ether oxygens (including phenoxy) is 2. The molecule has 1 N–H and O–H groups in total. The summed E-state index contributed by atoms with van der Waals surface area (Å²) in [7, 11) is 1.25. The maximum Gasteiger partial charge on any atom is 0.306 e. The number of esters is 2. The van der Waals surface area contributed by atoms with Crippen molar-refractivity contribution in [2.24, 2.45) is 5.92 Å². The van der Waals surface area contributed by atoms with Crippen LogP contribution in [0.5, 0.6) is 0 Å². The predicted molar refractivity (Wildman–Crippen MR) is 67.2 cm³/mol. The van der Waals surface area contributed by atoms with Crippen LogP contribution in [0.25, 0.3) is 0 Å². The zero-order valence-corrected chi connectivity index (χ0v) is 11.9. The monoisotopic (exact) mass is 278 g/mol. The zero-order valence-electron chi connectivity index (χ0n) is 11.9. The predicted octanol–water partition coefficient (Wildman–Crippen LogP) is 1.62. The highest BCUT2D eigenvalue weighted by atomic mass is 19.1. The molecule has 0 amide bonds. The Kier molecular flexibility index (Phi) is 7.59. The molecule has 0 aromatic carbocycles. The van der Waals surface area contributed by atoms with Crippen LogP contribution in [0.15, 0.2) is 0 Å². The molecule has 0 spiro atoms. The number of alkyl halides is 1. The van der Waals surface area contributed by atoms with E-state index >= 15 is 0 Å². The lowest BCUT2D eigenvalue weighted by atomic mass is 9.94. The van der Waals surface area contributed by atoms with E-state index in [4.69, 9.17) is 4.74 Å². The molecule has 2 unspecified atom stereocenters. The SMILES string of the molecule is COC(=O)CCC(CC(=O)OC(C)(C)C)C(O)CF. The Hall–Kier alpha value is -1.17. The van der Waals surface area contributed by atoms with Crippen LogP contribution in [0.4, 0.5) is 4.39 Å². The third kappa shape index (κ3) is 8.53. The maximum atomic E-state index is 12.5. The molecule has 0 saturated heterocycles. The molecule has 0 saturated carbocycles. The minimum absolute atomic E-state index is 0.0288. The van der Waals surface area contributed by atoms with Crippen molar-refractivity contribution in [2.75, 3.05) is 13.8 Å². The summed E-state index contributed by atoms with van der Waals surface area (Å²) in [6.45, 7) is 4.20. The van der Waals surface area contributed by atoms with Gasteiger partial charge < -0.3 is 14.6 Å². The fourth-order valence-corrected chi connectivity index (χ4v) is 1.56. The average molecular weight is 278 g/mol. The van der Waals surface area contributed by atoms with Crippen LogP contribution in [-0.2, 0) is 19.1 Å². The van der Waals surface area contributed by atoms with E-state index in [2.05, 4.69) is 4.74 Å². The van der Waals surface area contributed by atoms with Gasteiger partial charge in [0.15, 0.2) is 0 Å². The van der Waals surface area contributed by atoms with Gasteiger partial charge in [0, 0.05) is 6.42 Å². The highest BCUT2D eigenvalue weighted by Gasteiger charge is 2.26. The smallest absolute Gasteiger partial charge is 0.306 e. The van der Waals surface area contributed by atoms with Crippen molar-refractivity contribution in [3.05, 3.63) is 0 Å². The fourth-order valence-electron chi connectivity index (χ4n) is 1.56. The Balaban J connectivity index is 4.43. The molecule has 6 heteroatoms. The zero-order chi connectivity index (χ0) is 15.1. The third-order valence-electron chi connectivity index (χ3n) is 2.50. The van der Waals surface area contributed by atoms with Crippen molar-refractivity contribution in [1.29, 1.82) is 0 Å². The summed E-state index contributed by atoms with van der Waals surface area (Å²) in [6, 6.07) is 0. The maximum absolute atomic E-state index is 12.5. The normalized spacial score (nSPS) is 14.6. The molecule has 5 nitrogen and oxygen atoms in total. The Morgan fingerprint density at radius 2 is 1.84 bits per heavy atom. The second kappa shape index (κ2) is 8.09. The van der Waals surface area contributed by atoms with Gasteiger partial charge in [0.1, 0.15) is 12.3 Å². The van der Waals surface area contributed by atoms with Gasteiger partial charge in [-0.25, -0.2) is 4.39 Å². The molecule has 0 aromatic rings. The summed E-state index contributed by atoms with van der Waals surface area (Å²) in [5.41, 5.74) is -0.634. The van der Waals surface area contributed by atoms with Crippen LogP contribution >= 0.6 is 0 Å². The van der Waals surface area contributed by atoms with Crippen LogP contribution in [0, 0.1) is 5.92 Å². The Labute approximate surface area is 113 Å². The van der Waals surface area contributed by atoms with Crippen molar-refractivity contribution < 1.29 is 28.6 Å². The van der Waals surface area contributed by atoms with Crippen molar-refractivity contribution >= 4 is 11.9 Å². The number of carbonyl (C=O) groups is 2. The molecule has 0 fully saturated rings. The van der Waals surface area contributed by atoms with Crippen LogP contribution in [-0.4, -0.2) is 42.5 Å². The molecular weight excluding hydrogens is 255 g/mol. The first-order valence-electron chi connectivity index (χ1n) is 6.22. The number of hydrogen-bond donors (Lipinski definition) is 1. The fraction of sp³-hybridized carbons (Fsp3) is 0.846. The van der Waals surface area contributed by atoms with Gasteiger partial charge in [0.25, 0.3) is 0 Å². The van der Waals surface area contributed by atoms with Gasteiger partial charge in [-0.2, -0.15) is 0 Å². The van der Waals surface area contributed by atoms with Crippen molar-refractivity contribution in [2.45, 2.75) is 51.7 Å². The number of aliphatic hydroxyl groups excluding tert-OH is 1. The molecule has 0 rings (SSSR count). The van der Waals surface area contributed by atoms with Crippen LogP contribution in [0.3, 0.4) is 0 Å². The molecule has 112 valence electrons. The van der Waals surface area contributed by atoms with E-state index in [9.17, 15) is 19.1 Å². The number of aliphatic hydroxyl groups is 1. The quantitative estimate of drug-likeness (QED) is 0.716.